The topological polar surface area (TPSA) is 78.9 Å². The average molecular weight is 314 g/mol. The number of carboxylic acids is 1. The summed E-state index contributed by atoms with van der Waals surface area (Å²) >= 11 is 0. The highest BCUT2D eigenvalue weighted by molar-refractivity contribution is 5.73. The minimum absolute atomic E-state index is 0.0279. The van der Waals surface area contributed by atoms with E-state index in [1.54, 1.807) is 4.90 Å². The zero-order valence-corrected chi connectivity index (χ0v) is 14.3. The second-order valence-electron chi connectivity index (χ2n) is 7.17. The van der Waals surface area contributed by atoms with Gasteiger partial charge in [0.2, 0.25) is 0 Å². The number of nitrogens with zero attached hydrogens (tertiary/aromatic N) is 1. The van der Waals surface area contributed by atoms with Crippen molar-refractivity contribution in [1.29, 1.82) is 0 Å². The number of likely N-dealkylation sites (tertiary alicyclic amines) is 1. The molecule has 1 rings (SSSR count). The number of ether oxygens (including phenoxy) is 1. The highest BCUT2D eigenvalue weighted by Crippen LogP contribution is 2.27. The Balaban J connectivity index is 2.45. The Morgan fingerprint density at radius 1 is 1.23 bits per heavy atom. The molecule has 0 aromatic rings. The molecule has 128 valence electrons. The number of aliphatic carboxylic acids is 1. The standard InChI is InChI=1S/C16H30N2O4/c1-5-6-7-8-9-17-16(10-13(19)20)11-18(12-16)14(21)22-15(2,3)4/h17H,5-12H2,1-4H3,(H,19,20). The van der Waals surface area contributed by atoms with Gasteiger partial charge in [-0.05, 0) is 33.7 Å². The van der Waals surface area contributed by atoms with Crippen LogP contribution >= 0.6 is 0 Å². The molecular formula is C16H30N2O4. The molecule has 0 unspecified atom stereocenters. The van der Waals surface area contributed by atoms with Crippen molar-refractivity contribution in [3.05, 3.63) is 0 Å². The molecule has 6 nitrogen and oxygen atoms in total. The Kier molecular flexibility index (Phi) is 6.66. The van der Waals surface area contributed by atoms with Gasteiger partial charge in [0.05, 0.1) is 12.0 Å². The first-order valence-corrected chi connectivity index (χ1v) is 8.12. The van der Waals surface area contributed by atoms with E-state index in [0.717, 1.165) is 19.4 Å². The van der Waals surface area contributed by atoms with Crippen molar-refractivity contribution in [2.45, 2.75) is 70.9 Å². The number of carbonyl (C=O) groups excluding carboxylic acids is 1. The molecule has 0 atom stereocenters. The lowest BCUT2D eigenvalue weighted by Gasteiger charge is -2.49. The van der Waals surface area contributed by atoms with Gasteiger partial charge in [-0.3, -0.25) is 4.79 Å². The number of nitrogens with one attached hydrogen (secondary N) is 1. The molecular weight excluding hydrogens is 284 g/mol. The molecule has 1 aliphatic rings. The molecule has 0 spiro atoms. The monoisotopic (exact) mass is 314 g/mol. The average Bonchev–Trinajstić information content (AvgIpc) is 2.31. The molecule has 0 aromatic heterocycles. The van der Waals surface area contributed by atoms with Crippen molar-refractivity contribution in [1.82, 2.24) is 10.2 Å². The quantitative estimate of drug-likeness (QED) is 0.673. The molecule has 6 heteroatoms. The Hall–Kier alpha value is -1.30. The third-order valence-corrected chi connectivity index (χ3v) is 3.66. The lowest BCUT2D eigenvalue weighted by atomic mass is 9.86. The molecule has 22 heavy (non-hydrogen) atoms. The molecule has 0 aliphatic carbocycles. The van der Waals surface area contributed by atoms with E-state index in [9.17, 15) is 9.59 Å². The van der Waals surface area contributed by atoms with Crippen LogP contribution in [-0.2, 0) is 9.53 Å². The van der Waals surface area contributed by atoms with Crippen molar-refractivity contribution in [2.75, 3.05) is 19.6 Å². The number of carbonyl (C=O) groups is 2. The van der Waals surface area contributed by atoms with Crippen molar-refractivity contribution >= 4 is 12.1 Å². The van der Waals surface area contributed by atoms with Crippen molar-refractivity contribution in [3.8, 4) is 0 Å². The van der Waals surface area contributed by atoms with Crippen LogP contribution in [0.2, 0.25) is 0 Å². The summed E-state index contributed by atoms with van der Waals surface area (Å²) in [5, 5.41) is 12.4. The molecule has 1 aliphatic heterocycles. The van der Waals surface area contributed by atoms with Crippen LogP contribution in [-0.4, -0.2) is 52.8 Å². The smallest absolute Gasteiger partial charge is 0.410 e. The molecule has 1 saturated heterocycles. The van der Waals surface area contributed by atoms with Gasteiger partial charge in [-0.1, -0.05) is 26.2 Å². The summed E-state index contributed by atoms with van der Waals surface area (Å²) < 4.78 is 5.31. The van der Waals surface area contributed by atoms with Gasteiger partial charge in [0, 0.05) is 13.1 Å². The number of unbranched alkanes of at least 4 members (excludes halogenated alkanes) is 3. The maximum atomic E-state index is 12.0. The van der Waals surface area contributed by atoms with E-state index in [4.69, 9.17) is 9.84 Å². The molecule has 1 amide bonds. The largest absolute Gasteiger partial charge is 0.481 e. The van der Waals surface area contributed by atoms with E-state index in [1.807, 2.05) is 20.8 Å². The number of amides is 1. The van der Waals surface area contributed by atoms with E-state index in [-0.39, 0.29) is 12.5 Å². The highest BCUT2D eigenvalue weighted by atomic mass is 16.6. The lowest BCUT2D eigenvalue weighted by molar-refractivity contribution is -0.141. The van der Waals surface area contributed by atoms with Crippen molar-refractivity contribution in [3.63, 3.8) is 0 Å². The maximum absolute atomic E-state index is 12.0. The molecule has 0 radical (unpaired) electrons. The summed E-state index contributed by atoms with van der Waals surface area (Å²) in [7, 11) is 0. The number of carboxylic acid groups (broad SMARTS) is 1. The normalized spacial score (nSPS) is 17.0. The van der Waals surface area contributed by atoms with Crippen LogP contribution in [0.3, 0.4) is 0 Å². The van der Waals surface area contributed by atoms with Crippen LogP contribution in [0.15, 0.2) is 0 Å². The summed E-state index contributed by atoms with van der Waals surface area (Å²) in [6.45, 7) is 9.19. The zero-order chi connectivity index (χ0) is 16.8. The van der Waals surface area contributed by atoms with Crippen LogP contribution in [0.25, 0.3) is 0 Å². The fourth-order valence-corrected chi connectivity index (χ4v) is 2.62. The highest BCUT2D eigenvalue weighted by Gasteiger charge is 2.47. The Morgan fingerprint density at radius 2 is 1.86 bits per heavy atom. The summed E-state index contributed by atoms with van der Waals surface area (Å²) in [4.78, 5) is 24.6. The van der Waals surface area contributed by atoms with E-state index < -0.39 is 17.1 Å². The van der Waals surface area contributed by atoms with Gasteiger partial charge in [0.25, 0.3) is 0 Å². The van der Waals surface area contributed by atoms with E-state index >= 15 is 0 Å². The second-order valence-corrected chi connectivity index (χ2v) is 7.17. The van der Waals surface area contributed by atoms with Gasteiger partial charge < -0.3 is 20.1 Å². The first-order chi connectivity index (χ1) is 10.2. The van der Waals surface area contributed by atoms with E-state index in [2.05, 4.69) is 12.2 Å². The van der Waals surface area contributed by atoms with Gasteiger partial charge in [-0.2, -0.15) is 0 Å². The Bertz CT molecular complexity index is 384. The maximum Gasteiger partial charge on any atom is 0.410 e. The summed E-state index contributed by atoms with van der Waals surface area (Å²) in [6, 6.07) is 0. The first kappa shape index (κ1) is 18.7. The third kappa shape index (κ3) is 6.22. The van der Waals surface area contributed by atoms with Crippen LogP contribution in [0.5, 0.6) is 0 Å². The zero-order valence-electron chi connectivity index (χ0n) is 14.3. The van der Waals surface area contributed by atoms with Gasteiger partial charge in [-0.25, -0.2) is 4.79 Å². The van der Waals surface area contributed by atoms with E-state index in [1.165, 1.54) is 12.8 Å². The minimum Gasteiger partial charge on any atom is -0.481 e. The molecule has 0 saturated carbocycles. The third-order valence-electron chi connectivity index (χ3n) is 3.66. The van der Waals surface area contributed by atoms with E-state index in [0.29, 0.717) is 13.1 Å². The van der Waals surface area contributed by atoms with Crippen molar-refractivity contribution < 1.29 is 19.4 Å². The summed E-state index contributed by atoms with van der Waals surface area (Å²) in [5.41, 5.74) is -1.04. The molecule has 0 bridgehead atoms. The van der Waals surface area contributed by atoms with Crippen molar-refractivity contribution in [2.24, 2.45) is 0 Å². The second kappa shape index (κ2) is 7.81. The van der Waals surface area contributed by atoms with Gasteiger partial charge >= 0.3 is 12.1 Å². The first-order valence-electron chi connectivity index (χ1n) is 8.12. The fourth-order valence-electron chi connectivity index (χ4n) is 2.62. The summed E-state index contributed by atoms with van der Waals surface area (Å²) in [6.07, 6.45) is 4.19. The van der Waals surface area contributed by atoms with Crippen LogP contribution in [0, 0.1) is 0 Å². The number of rotatable bonds is 8. The van der Waals surface area contributed by atoms with Gasteiger partial charge in [0.1, 0.15) is 5.60 Å². The predicted molar refractivity (Wildman–Crippen MR) is 84.9 cm³/mol. The van der Waals surface area contributed by atoms with Gasteiger partial charge in [0.15, 0.2) is 0 Å². The molecule has 0 aromatic carbocycles. The van der Waals surface area contributed by atoms with Crippen LogP contribution in [0.1, 0.15) is 59.8 Å². The van der Waals surface area contributed by atoms with Crippen LogP contribution in [0.4, 0.5) is 4.79 Å². The SMILES string of the molecule is CCCCCCNC1(CC(=O)O)CN(C(=O)OC(C)(C)C)C1. The molecule has 2 N–H and O–H groups in total. The minimum atomic E-state index is -0.843. The number of hydrogen-bond acceptors (Lipinski definition) is 4. The fraction of sp³-hybridized carbons (Fsp3) is 0.875. The predicted octanol–water partition coefficient (Wildman–Crippen LogP) is 2.62. The molecule has 1 heterocycles. The lowest BCUT2D eigenvalue weighted by Crippen LogP contribution is -2.71. The Morgan fingerprint density at radius 3 is 2.36 bits per heavy atom. The molecule has 1 fully saturated rings. The number of hydrogen-bond donors (Lipinski definition) is 2. The Labute approximate surface area is 133 Å². The van der Waals surface area contributed by atoms with Gasteiger partial charge in [-0.15, -0.1) is 0 Å². The summed E-state index contributed by atoms with van der Waals surface area (Å²) in [5.74, 6) is -0.843. The van der Waals surface area contributed by atoms with Crippen LogP contribution < -0.4 is 5.32 Å².